The molecule has 2 aliphatic carbocycles. The van der Waals surface area contributed by atoms with Crippen molar-refractivity contribution in [1.29, 1.82) is 0 Å². The third-order valence-corrected chi connectivity index (χ3v) is 4.81. The molecule has 0 bridgehead atoms. The first kappa shape index (κ1) is 11.4. The Balaban J connectivity index is 1.95. The zero-order chi connectivity index (χ0) is 11.1. The number of hydrogen-bond donors (Lipinski definition) is 1. The fraction of sp³-hybridized carbons (Fsp3) is 1.00. The summed E-state index contributed by atoms with van der Waals surface area (Å²) >= 11 is 0. The quantitative estimate of drug-likeness (QED) is 0.647. The van der Waals surface area contributed by atoms with Gasteiger partial charge in [0.05, 0.1) is 6.10 Å². The van der Waals surface area contributed by atoms with Gasteiger partial charge in [-0.25, -0.2) is 0 Å². The van der Waals surface area contributed by atoms with Gasteiger partial charge in [0, 0.05) is 0 Å². The van der Waals surface area contributed by atoms with Gasteiger partial charge in [-0.05, 0) is 61.7 Å². The van der Waals surface area contributed by atoms with Crippen LogP contribution in [0, 0.1) is 23.2 Å². The molecule has 2 aliphatic rings. The number of aliphatic hydroxyl groups is 1. The first-order valence-corrected chi connectivity index (χ1v) is 6.65. The van der Waals surface area contributed by atoms with Gasteiger partial charge in [-0.2, -0.15) is 0 Å². The molecule has 88 valence electrons. The number of hydrogen-bond acceptors (Lipinski definition) is 1. The Labute approximate surface area is 94.3 Å². The van der Waals surface area contributed by atoms with E-state index in [1.807, 2.05) is 0 Å². The monoisotopic (exact) mass is 210 g/mol. The minimum absolute atomic E-state index is 0.0115. The van der Waals surface area contributed by atoms with E-state index in [-0.39, 0.29) is 6.10 Å². The molecule has 0 saturated heterocycles. The van der Waals surface area contributed by atoms with Crippen molar-refractivity contribution in [1.82, 2.24) is 0 Å². The predicted molar refractivity (Wildman–Crippen MR) is 63.6 cm³/mol. The second-order valence-corrected chi connectivity index (χ2v) is 6.86. The molecule has 2 fully saturated rings. The highest BCUT2D eigenvalue weighted by Crippen LogP contribution is 2.47. The molecule has 2 saturated carbocycles. The van der Waals surface area contributed by atoms with Crippen molar-refractivity contribution in [2.24, 2.45) is 23.2 Å². The van der Waals surface area contributed by atoms with Crippen LogP contribution in [0.5, 0.6) is 0 Å². The van der Waals surface area contributed by atoms with Crippen LogP contribution in [0.1, 0.15) is 59.3 Å². The van der Waals surface area contributed by atoms with Crippen LogP contribution in [0.15, 0.2) is 0 Å². The van der Waals surface area contributed by atoms with Gasteiger partial charge in [0.25, 0.3) is 0 Å². The van der Waals surface area contributed by atoms with Crippen LogP contribution in [0.4, 0.5) is 0 Å². The lowest BCUT2D eigenvalue weighted by molar-refractivity contribution is 0.0147. The molecule has 0 heterocycles. The Morgan fingerprint density at radius 3 is 2.13 bits per heavy atom. The maximum absolute atomic E-state index is 9.67. The maximum Gasteiger partial charge on any atom is 0.0543 e. The highest BCUT2D eigenvalue weighted by atomic mass is 16.3. The molecule has 0 amide bonds. The lowest BCUT2D eigenvalue weighted by Crippen LogP contribution is -2.36. The van der Waals surface area contributed by atoms with E-state index in [2.05, 4.69) is 20.8 Å². The largest absolute Gasteiger partial charge is 0.393 e. The average Bonchev–Trinajstić information content (AvgIpc) is 2.15. The fourth-order valence-electron chi connectivity index (χ4n) is 3.65. The molecule has 0 radical (unpaired) electrons. The Bertz CT molecular complexity index is 216. The van der Waals surface area contributed by atoms with Crippen LogP contribution < -0.4 is 0 Å². The minimum Gasteiger partial charge on any atom is -0.393 e. The SMILES string of the molecule is CC(C)(C)C1CCC2CC(O)CCC2C1. The van der Waals surface area contributed by atoms with E-state index in [0.717, 1.165) is 30.6 Å². The molecule has 15 heavy (non-hydrogen) atoms. The van der Waals surface area contributed by atoms with E-state index in [9.17, 15) is 5.11 Å². The smallest absolute Gasteiger partial charge is 0.0543 e. The van der Waals surface area contributed by atoms with Crippen LogP contribution in [0.2, 0.25) is 0 Å². The van der Waals surface area contributed by atoms with E-state index in [1.165, 1.54) is 25.7 Å². The summed E-state index contributed by atoms with van der Waals surface area (Å²) in [6.45, 7) is 7.15. The van der Waals surface area contributed by atoms with E-state index >= 15 is 0 Å². The molecule has 0 aromatic carbocycles. The summed E-state index contributed by atoms with van der Waals surface area (Å²) in [6, 6.07) is 0. The minimum atomic E-state index is 0.0115. The van der Waals surface area contributed by atoms with Gasteiger partial charge in [0.15, 0.2) is 0 Å². The van der Waals surface area contributed by atoms with Crippen molar-refractivity contribution in [3.05, 3.63) is 0 Å². The zero-order valence-corrected chi connectivity index (χ0v) is 10.5. The first-order chi connectivity index (χ1) is 6.97. The van der Waals surface area contributed by atoms with Gasteiger partial charge in [-0.1, -0.05) is 20.8 Å². The second kappa shape index (κ2) is 4.08. The van der Waals surface area contributed by atoms with Gasteiger partial charge in [0.2, 0.25) is 0 Å². The summed E-state index contributed by atoms with van der Waals surface area (Å²) in [5, 5.41) is 9.67. The van der Waals surface area contributed by atoms with E-state index in [0.29, 0.717) is 5.41 Å². The lowest BCUT2D eigenvalue weighted by Gasteiger charge is -2.45. The van der Waals surface area contributed by atoms with Gasteiger partial charge >= 0.3 is 0 Å². The Hall–Kier alpha value is -0.0400. The Kier molecular flexibility index (Phi) is 3.12. The molecule has 0 aromatic heterocycles. The molecule has 4 atom stereocenters. The van der Waals surface area contributed by atoms with Gasteiger partial charge < -0.3 is 5.11 Å². The molecule has 4 unspecified atom stereocenters. The van der Waals surface area contributed by atoms with Crippen LogP contribution >= 0.6 is 0 Å². The number of rotatable bonds is 0. The van der Waals surface area contributed by atoms with Crippen molar-refractivity contribution in [2.75, 3.05) is 0 Å². The van der Waals surface area contributed by atoms with Gasteiger partial charge in [-0.3, -0.25) is 0 Å². The van der Waals surface area contributed by atoms with Crippen molar-refractivity contribution in [2.45, 2.75) is 65.4 Å². The van der Waals surface area contributed by atoms with Crippen LogP contribution in [-0.4, -0.2) is 11.2 Å². The Morgan fingerprint density at radius 1 is 0.867 bits per heavy atom. The van der Waals surface area contributed by atoms with Crippen LogP contribution in [0.3, 0.4) is 0 Å². The third kappa shape index (κ3) is 2.55. The summed E-state index contributed by atoms with van der Waals surface area (Å²) in [7, 11) is 0. The van der Waals surface area contributed by atoms with Gasteiger partial charge in [-0.15, -0.1) is 0 Å². The van der Waals surface area contributed by atoms with E-state index < -0.39 is 0 Å². The summed E-state index contributed by atoms with van der Waals surface area (Å²) in [5.41, 5.74) is 0.487. The fourth-order valence-corrected chi connectivity index (χ4v) is 3.65. The van der Waals surface area contributed by atoms with Gasteiger partial charge in [0.1, 0.15) is 0 Å². The van der Waals surface area contributed by atoms with E-state index in [4.69, 9.17) is 0 Å². The van der Waals surface area contributed by atoms with Crippen LogP contribution in [-0.2, 0) is 0 Å². The third-order valence-electron chi connectivity index (χ3n) is 4.81. The topological polar surface area (TPSA) is 20.2 Å². The molecular weight excluding hydrogens is 184 g/mol. The molecule has 0 aromatic rings. The Morgan fingerprint density at radius 2 is 1.47 bits per heavy atom. The van der Waals surface area contributed by atoms with Crippen LogP contribution in [0.25, 0.3) is 0 Å². The normalized spacial score (nSPS) is 42.4. The standard InChI is InChI=1S/C14H26O/c1-14(2,3)12-6-4-11-9-13(15)7-5-10(11)8-12/h10-13,15H,4-9H2,1-3H3. The number of fused-ring (bicyclic) bond motifs is 1. The first-order valence-electron chi connectivity index (χ1n) is 6.65. The molecule has 0 aliphatic heterocycles. The average molecular weight is 210 g/mol. The summed E-state index contributed by atoms with van der Waals surface area (Å²) in [6.07, 6.45) is 7.59. The highest BCUT2D eigenvalue weighted by molar-refractivity contribution is 4.89. The zero-order valence-electron chi connectivity index (χ0n) is 10.5. The molecule has 1 nitrogen and oxygen atoms in total. The van der Waals surface area contributed by atoms with Crippen molar-refractivity contribution in [3.8, 4) is 0 Å². The predicted octanol–water partition coefficient (Wildman–Crippen LogP) is 3.61. The highest BCUT2D eigenvalue weighted by Gasteiger charge is 2.38. The van der Waals surface area contributed by atoms with E-state index in [1.54, 1.807) is 0 Å². The van der Waals surface area contributed by atoms with Crippen molar-refractivity contribution in [3.63, 3.8) is 0 Å². The molecule has 2 rings (SSSR count). The number of aliphatic hydroxyl groups excluding tert-OH is 1. The molecule has 0 spiro atoms. The maximum atomic E-state index is 9.67. The molecular formula is C14H26O. The summed E-state index contributed by atoms with van der Waals surface area (Å²) in [4.78, 5) is 0. The van der Waals surface area contributed by atoms with Crippen molar-refractivity contribution < 1.29 is 5.11 Å². The molecule has 1 N–H and O–H groups in total. The lowest BCUT2D eigenvalue weighted by atomic mass is 9.61. The van der Waals surface area contributed by atoms with Crippen molar-refractivity contribution >= 4 is 0 Å². The molecule has 1 heteroatoms. The summed E-state index contributed by atoms with van der Waals surface area (Å²) in [5.74, 6) is 2.67. The second-order valence-electron chi connectivity index (χ2n) is 6.86. The summed E-state index contributed by atoms with van der Waals surface area (Å²) < 4.78 is 0.